The number of nitrogens with one attached hydrogen (secondary N) is 1. The van der Waals surface area contributed by atoms with Gasteiger partial charge >= 0.3 is 5.97 Å². The van der Waals surface area contributed by atoms with E-state index in [1.165, 1.54) is 25.7 Å². The van der Waals surface area contributed by atoms with E-state index in [0.29, 0.717) is 12.8 Å². The number of carboxylic acids is 1. The number of hydrogen-bond acceptors (Lipinski definition) is 2. The van der Waals surface area contributed by atoms with E-state index in [4.69, 9.17) is 5.11 Å². The molecule has 0 aliphatic heterocycles. The molecule has 0 aromatic rings. The molecule has 21 heavy (non-hydrogen) atoms. The molecule has 2 N–H and O–H groups in total. The van der Waals surface area contributed by atoms with E-state index in [0.717, 1.165) is 31.6 Å². The number of hydrogen-bond donors (Lipinski definition) is 2. The van der Waals surface area contributed by atoms with Gasteiger partial charge in [0.1, 0.15) is 0 Å². The predicted molar refractivity (Wildman–Crippen MR) is 81.9 cm³/mol. The van der Waals surface area contributed by atoms with Crippen LogP contribution in [0.3, 0.4) is 0 Å². The second-order valence-corrected chi connectivity index (χ2v) is 6.89. The van der Waals surface area contributed by atoms with E-state index in [2.05, 4.69) is 12.2 Å². The lowest BCUT2D eigenvalue weighted by Crippen LogP contribution is -2.42. The molecule has 0 saturated heterocycles. The van der Waals surface area contributed by atoms with Crippen molar-refractivity contribution in [3.05, 3.63) is 0 Å². The summed E-state index contributed by atoms with van der Waals surface area (Å²) in [7, 11) is 0. The molecule has 0 spiro atoms. The van der Waals surface area contributed by atoms with E-state index >= 15 is 0 Å². The zero-order valence-electron chi connectivity index (χ0n) is 13.1. The Labute approximate surface area is 127 Å². The molecule has 1 atom stereocenters. The summed E-state index contributed by atoms with van der Waals surface area (Å²) in [5, 5.41) is 12.2. The van der Waals surface area contributed by atoms with Gasteiger partial charge in [-0.1, -0.05) is 32.6 Å². The summed E-state index contributed by atoms with van der Waals surface area (Å²) >= 11 is 0. The van der Waals surface area contributed by atoms with Gasteiger partial charge in [0, 0.05) is 12.0 Å². The monoisotopic (exact) mass is 295 g/mol. The van der Waals surface area contributed by atoms with Gasteiger partial charge in [-0.05, 0) is 44.4 Å². The maximum absolute atomic E-state index is 12.4. The summed E-state index contributed by atoms with van der Waals surface area (Å²) in [4.78, 5) is 23.4. The third kappa shape index (κ3) is 4.72. The maximum Gasteiger partial charge on any atom is 0.306 e. The van der Waals surface area contributed by atoms with E-state index in [1.54, 1.807) is 0 Å². The SMILES string of the molecule is CCC(CC1CCCC1)C(=O)NC1CCC(C(=O)O)CC1. The van der Waals surface area contributed by atoms with Crippen molar-refractivity contribution in [3.8, 4) is 0 Å². The lowest BCUT2D eigenvalue weighted by atomic mass is 9.85. The molecule has 0 radical (unpaired) electrons. The number of amides is 1. The standard InChI is InChI=1S/C17H29NO3/c1-2-13(11-12-5-3-4-6-12)16(19)18-15-9-7-14(8-10-15)17(20)21/h12-15H,2-11H2,1H3,(H,18,19)(H,20,21). The fraction of sp³-hybridized carbons (Fsp3) is 0.882. The summed E-state index contributed by atoms with van der Waals surface area (Å²) in [5.41, 5.74) is 0. The topological polar surface area (TPSA) is 66.4 Å². The van der Waals surface area contributed by atoms with Crippen molar-refractivity contribution < 1.29 is 14.7 Å². The van der Waals surface area contributed by atoms with Gasteiger partial charge in [0.25, 0.3) is 0 Å². The largest absolute Gasteiger partial charge is 0.481 e. The molecular formula is C17H29NO3. The summed E-state index contributed by atoms with van der Waals surface area (Å²) < 4.78 is 0. The Hall–Kier alpha value is -1.06. The first-order chi connectivity index (χ1) is 10.1. The van der Waals surface area contributed by atoms with Crippen LogP contribution in [0, 0.1) is 17.8 Å². The molecule has 1 unspecified atom stereocenters. The van der Waals surface area contributed by atoms with Crippen LogP contribution in [0.5, 0.6) is 0 Å². The molecule has 2 rings (SSSR count). The zero-order chi connectivity index (χ0) is 15.2. The molecule has 2 saturated carbocycles. The van der Waals surface area contributed by atoms with E-state index < -0.39 is 5.97 Å². The highest BCUT2D eigenvalue weighted by Crippen LogP contribution is 2.32. The van der Waals surface area contributed by atoms with Crippen LogP contribution >= 0.6 is 0 Å². The first-order valence-corrected chi connectivity index (χ1v) is 8.63. The van der Waals surface area contributed by atoms with E-state index in [1.807, 2.05) is 0 Å². The van der Waals surface area contributed by atoms with Gasteiger partial charge < -0.3 is 10.4 Å². The Bertz CT molecular complexity index is 355. The van der Waals surface area contributed by atoms with Gasteiger partial charge in [0.05, 0.1) is 5.92 Å². The molecular weight excluding hydrogens is 266 g/mol. The van der Waals surface area contributed by atoms with Crippen molar-refractivity contribution in [1.29, 1.82) is 0 Å². The Kier molecular flexibility index (Phi) is 6.07. The first-order valence-electron chi connectivity index (χ1n) is 8.63. The molecule has 2 aliphatic carbocycles. The Morgan fingerprint density at radius 3 is 2.24 bits per heavy atom. The minimum Gasteiger partial charge on any atom is -0.481 e. The van der Waals surface area contributed by atoms with Crippen LogP contribution < -0.4 is 5.32 Å². The minimum absolute atomic E-state index is 0.144. The average Bonchev–Trinajstić information content (AvgIpc) is 2.98. The first kappa shape index (κ1) is 16.3. The Morgan fingerprint density at radius 1 is 1.10 bits per heavy atom. The van der Waals surface area contributed by atoms with Crippen molar-refractivity contribution >= 4 is 11.9 Å². The minimum atomic E-state index is -0.688. The van der Waals surface area contributed by atoms with Crippen LogP contribution in [0.4, 0.5) is 0 Å². The molecule has 120 valence electrons. The molecule has 2 aliphatic rings. The van der Waals surface area contributed by atoms with Gasteiger partial charge in [-0.2, -0.15) is 0 Å². The van der Waals surface area contributed by atoms with Crippen LogP contribution in [0.25, 0.3) is 0 Å². The van der Waals surface area contributed by atoms with Gasteiger partial charge in [-0.3, -0.25) is 9.59 Å². The summed E-state index contributed by atoms with van der Waals surface area (Å²) in [5.74, 6) is 0.183. The smallest absolute Gasteiger partial charge is 0.306 e. The lowest BCUT2D eigenvalue weighted by molar-refractivity contribution is -0.142. The third-order valence-corrected chi connectivity index (χ3v) is 5.38. The highest BCUT2D eigenvalue weighted by atomic mass is 16.4. The van der Waals surface area contributed by atoms with Crippen molar-refractivity contribution in [1.82, 2.24) is 5.32 Å². The molecule has 0 heterocycles. The Morgan fingerprint density at radius 2 is 1.71 bits per heavy atom. The normalized spacial score (nSPS) is 28.2. The molecule has 4 nitrogen and oxygen atoms in total. The fourth-order valence-corrected chi connectivity index (χ4v) is 3.91. The van der Waals surface area contributed by atoms with Crippen LogP contribution in [0.1, 0.15) is 71.1 Å². The fourth-order valence-electron chi connectivity index (χ4n) is 3.91. The van der Waals surface area contributed by atoms with E-state index in [9.17, 15) is 9.59 Å². The van der Waals surface area contributed by atoms with Crippen LogP contribution in [0.15, 0.2) is 0 Å². The van der Waals surface area contributed by atoms with Crippen molar-refractivity contribution in [3.63, 3.8) is 0 Å². The van der Waals surface area contributed by atoms with Crippen molar-refractivity contribution in [2.75, 3.05) is 0 Å². The maximum atomic E-state index is 12.4. The summed E-state index contributed by atoms with van der Waals surface area (Å²) in [6.07, 6.45) is 10.2. The Balaban J connectivity index is 1.75. The average molecular weight is 295 g/mol. The second-order valence-electron chi connectivity index (χ2n) is 6.89. The zero-order valence-corrected chi connectivity index (χ0v) is 13.1. The van der Waals surface area contributed by atoms with Crippen LogP contribution in [-0.4, -0.2) is 23.0 Å². The number of rotatable bonds is 6. The van der Waals surface area contributed by atoms with Gasteiger partial charge in [-0.15, -0.1) is 0 Å². The lowest BCUT2D eigenvalue weighted by Gasteiger charge is -2.28. The molecule has 0 aromatic carbocycles. The molecule has 2 fully saturated rings. The van der Waals surface area contributed by atoms with Crippen LogP contribution in [0.2, 0.25) is 0 Å². The van der Waals surface area contributed by atoms with Gasteiger partial charge in [-0.25, -0.2) is 0 Å². The van der Waals surface area contributed by atoms with E-state index in [-0.39, 0.29) is 23.8 Å². The highest BCUT2D eigenvalue weighted by molar-refractivity contribution is 5.79. The molecule has 0 bridgehead atoms. The van der Waals surface area contributed by atoms with Crippen LogP contribution in [-0.2, 0) is 9.59 Å². The third-order valence-electron chi connectivity index (χ3n) is 5.38. The quantitative estimate of drug-likeness (QED) is 0.789. The second kappa shape index (κ2) is 7.81. The molecule has 4 heteroatoms. The van der Waals surface area contributed by atoms with Gasteiger partial charge in [0.2, 0.25) is 5.91 Å². The highest BCUT2D eigenvalue weighted by Gasteiger charge is 2.29. The van der Waals surface area contributed by atoms with Crippen molar-refractivity contribution in [2.24, 2.45) is 17.8 Å². The predicted octanol–water partition coefficient (Wildman–Crippen LogP) is 3.35. The summed E-state index contributed by atoms with van der Waals surface area (Å²) in [6, 6.07) is 0.186. The molecule has 0 aromatic heterocycles. The summed E-state index contributed by atoms with van der Waals surface area (Å²) in [6.45, 7) is 2.10. The molecule has 1 amide bonds. The number of carboxylic acid groups (broad SMARTS) is 1. The number of carbonyl (C=O) groups excluding carboxylic acids is 1. The van der Waals surface area contributed by atoms with Gasteiger partial charge in [0.15, 0.2) is 0 Å². The van der Waals surface area contributed by atoms with Crippen molar-refractivity contribution in [2.45, 2.75) is 77.2 Å². The number of carbonyl (C=O) groups is 2. The number of aliphatic carboxylic acids is 1.